The molecular formula is C11H15N3O2. The zero-order chi connectivity index (χ0) is 11.5. The van der Waals surface area contributed by atoms with Gasteiger partial charge in [0, 0.05) is 17.8 Å². The molecule has 0 aliphatic heterocycles. The van der Waals surface area contributed by atoms with Crippen LogP contribution in [0.4, 0.5) is 5.82 Å². The monoisotopic (exact) mass is 221 g/mol. The SMILES string of the molecule is COC(=O)c1nc(C)cc(NC2CCC2)n1. The van der Waals surface area contributed by atoms with Crippen LogP contribution in [-0.2, 0) is 4.74 Å². The van der Waals surface area contributed by atoms with E-state index in [0.29, 0.717) is 11.9 Å². The fourth-order valence-electron chi connectivity index (χ4n) is 1.59. The van der Waals surface area contributed by atoms with Crippen molar-refractivity contribution in [2.24, 2.45) is 0 Å². The Morgan fingerprint density at radius 3 is 2.81 bits per heavy atom. The van der Waals surface area contributed by atoms with E-state index >= 15 is 0 Å². The summed E-state index contributed by atoms with van der Waals surface area (Å²) in [5.74, 6) is 0.322. The average Bonchev–Trinajstić information content (AvgIpc) is 2.21. The number of carbonyl (C=O) groups is 1. The standard InChI is InChI=1S/C11H15N3O2/c1-7-6-9(13-8-4-3-5-8)14-10(12-7)11(15)16-2/h6,8H,3-5H2,1-2H3,(H,12,13,14). The lowest BCUT2D eigenvalue weighted by Crippen LogP contribution is -2.28. The number of methoxy groups -OCH3 is 1. The summed E-state index contributed by atoms with van der Waals surface area (Å²) in [6.45, 7) is 1.83. The maximum Gasteiger partial charge on any atom is 0.376 e. The minimum Gasteiger partial charge on any atom is -0.463 e. The summed E-state index contributed by atoms with van der Waals surface area (Å²) < 4.78 is 4.60. The van der Waals surface area contributed by atoms with Crippen LogP contribution in [0, 0.1) is 6.92 Å². The molecule has 1 aliphatic rings. The van der Waals surface area contributed by atoms with Crippen molar-refractivity contribution < 1.29 is 9.53 Å². The number of carbonyl (C=O) groups excluding carboxylic acids is 1. The highest BCUT2D eigenvalue weighted by Gasteiger charge is 2.18. The lowest BCUT2D eigenvalue weighted by molar-refractivity contribution is 0.0586. The van der Waals surface area contributed by atoms with Crippen LogP contribution in [0.15, 0.2) is 6.07 Å². The number of anilines is 1. The maximum atomic E-state index is 11.3. The minimum atomic E-state index is -0.500. The number of nitrogens with zero attached hydrogens (tertiary/aromatic N) is 2. The summed E-state index contributed by atoms with van der Waals surface area (Å²) in [5.41, 5.74) is 0.761. The second kappa shape index (κ2) is 4.47. The van der Waals surface area contributed by atoms with Crippen LogP contribution in [-0.4, -0.2) is 29.1 Å². The summed E-state index contributed by atoms with van der Waals surface area (Å²) in [4.78, 5) is 19.5. The summed E-state index contributed by atoms with van der Waals surface area (Å²) >= 11 is 0. The molecule has 0 amide bonds. The van der Waals surface area contributed by atoms with Gasteiger partial charge in [0.15, 0.2) is 0 Å². The predicted molar refractivity (Wildman–Crippen MR) is 59.4 cm³/mol. The van der Waals surface area contributed by atoms with Gasteiger partial charge in [-0.3, -0.25) is 0 Å². The van der Waals surface area contributed by atoms with Gasteiger partial charge in [-0.1, -0.05) is 0 Å². The van der Waals surface area contributed by atoms with Gasteiger partial charge in [0.2, 0.25) is 5.82 Å². The van der Waals surface area contributed by atoms with E-state index < -0.39 is 5.97 Å². The third kappa shape index (κ3) is 2.29. The molecule has 1 aliphatic carbocycles. The number of hydrogen-bond acceptors (Lipinski definition) is 5. The van der Waals surface area contributed by atoms with Crippen molar-refractivity contribution in [2.75, 3.05) is 12.4 Å². The fourth-order valence-corrected chi connectivity index (χ4v) is 1.59. The molecule has 5 nitrogen and oxygen atoms in total. The highest BCUT2D eigenvalue weighted by atomic mass is 16.5. The van der Waals surface area contributed by atoms with Gasteiger partial charge >= 0.3 is 5.97 Å². The Morgan fingerprint density at radius 1 is 1.50 bits per heavy atom. The van der Waals surface area contributed by atoms with Crippen LogP contribution >= 0.6 is 0 Å². The molecule has 0 atom stereocenters. The van der Waals surface area contributed by atoms with Crippen molar-refractivity contribution in [3.63, 3.8) is 0 Å². The number of rotatable bonds is 3. The number of hydrogen-bond donors (Lipinski definition) is 1. The first kappa shape index (κ1) is 10.9. The molecule has 1 aromatic heterocycles. The van der Waals surface area contributed by atoms with E-state index in [2.05, 4.69) is 20.0 Å². The van der Waals surface area contributed by atoms with Crippen molar-refractivity contribution in [1.82, 2.24) is 9.97 Å². The van der Waals surface area contributed by atoms with Crippen LogP contribution in [0.5, 0.6) is 0 Å². The lowest BCUT2D eigenvalue weighted by Gasteiger charge is -2.26. The number of aromatic nitrogens is 2. The molecule has 1 saturated carbocycles. The molecule has 0 bridgehead atoms. The van der Waals surface area contributed by atoms with Crippen molar-refractivity contribution >= 4 is 11.8 Å². The van der Waals surface area contributed by atoms with Gasteiger partial charge in [0.1, 0.15) is 5.82 Å². The third-order valence-corrected chi connectivity index (χ3v) is 2.68. The van der Waals surface area contributed by atoms with E-state index in [1.807, 2.05) is 13.0 Å². The van der Waals surface area contributed by atoms with Crippen molar-refractivity contribution in [3.05, 3.63) is 17.6 Å². The van der Waals surface area contributed by atoms with E-state index in [1.165, 1.54) is 13.5 Å². The zero-order valence-electron chi connectivity index (χ0n) is 9.49. The van der Waals surface area contributed by atoms with E-state index in [0.717, 1.165) is 18.5 Å². The normalized spacial score (nSPS) is 15.4. The maximum absolute atomic E-state index is 11.3. The number of esters is 1. The van der Waals surface area contributed by atoms with Crippen molar-refractivity contribution in [2.45, 2.75) is 32.2 Å². The minimum absolute atomic E-state index is 0.115. The van der Waals surface area contributed by atoms with Crippen LogP contribution in [0.2, 0.25) is 0 Å². The highest BCUT2D eigenvalue weighted by Crippen LogP contribution is 2.22. The summed E-state index contributed by atoms with van der Waals surface area (Å²) in [5, 5.41) is 3.28. The Kier molecular flexibility index (Phi) is 3.03. The van der Waals surface area contributed by atoms with Crippen LogP contribution in [0.1, 0.15) is 35.6 Å². The van der Waals surface area contributed by atoms with Crippen LogP contribution in [0.25, 0.3) is 0 Å². The van der Waals surface area contributed by atoms with Gasteiger partial charge in [0.05, 0.1) is 7.11 Å². The molecule has 2 rings (SSSR count). The molecule has 0 radical (unpaired) electrons. The molecule has 0 unspecified atom stereocenters. The molecule has 0 saturated heterocycles. The molecule has 1 N–H and O–H groups in total. The van der Waals surface area contributed by atoms with Gasteiger partial charge in [-0.05, 0) is 26.2 Å². The zero-order valence-corrected chi connectivity index (χ0v) is 9.49. The first-order valence-corrected chi connectivity index (χ1v) is 5.39. The Morgan fingerprint density at radius 2 is 2.25 bits per heavy atom. The second-order valence-corrected chi connectivity index (χ2v) is 3.98. The van der Waals surface area contributed by atoms with E-state index in [4.69, 9.17) is 0 Å². The molecule has 0 aromatic carbocycles. The Bertz CT molecular complexity index is 402. The average molecular weight is 221 g/mol. The molecular weight excluding hydrogens is 206 g/mol. The largest absolute Gasteiger partial charge is 0.463 e. The topological polar surface area (TPSA) is 64.1 Å². The summed E-state index contributed by atoms with van der Waals surface area (Å²) in [6.07, 6.45) is 3.58. The number of nitrogens with one attached hydrogen (secondary N) is 1. The quantitative estimate of drug-likeness (QED) is 0.784. The molecule has 1 aromatic rings. The van der Waals surface area contributed by atoms with Gasteiger partial charge in [-0.2, -0.15) is 0 Å². The van der Waals surface area contributed by atoms with Crippen LogP contribution < -0.4 is 5.32 Å². The molecule has 1 fully saturated rings. The van der Waals surface area contributed by atoms with E-state index in [9.17, 15) is 4.79 Å². The van der Waals surface area contributed by atoms with Crippen molar-refractivity contribution in [3.8, 4) is 0 Å². The second-order valence-electron chi connectivity index (χ2n) is 3.98. The first-order chi connectivity index (χ1) is 7.69. The van der Waals surface area contributed by atoms with Gasteiger partial charge in [0.25, 0.3) is 0 Å². The Hall–Kier alpha value is -1.65. The Balaban J connectivity index is 2.17. The summed E-state index contributed by atoms with van der Waals surface area (Å²) in [6, 6.07) is 2.32. The molecule has 1 heterocycles. The predicted octanol–water partition coefficient (Wildman–Crippen LogP) is 1.54. The van der Waals surface area contributed by atoms with Crippen molar-refractivity contribution in [1.29, 1.82) is 0 Å². The number of aryl methyl sites for hydroxylation is 1. The molecule has 5 heteroatoms. The molecule has 16 heavy (non-hydrogen) atoms. The number of ether oxygens (including phenoxy) is 1. The lowest BCUT2D eigenvalue weighted by atomic mass is 9.93. The van der Waals surface area contributed by atoms with E-state index in [1.54, 1.807) is 0 Å². The van der Waals surface area contributed by atoms with E-state index in [-0.39, 0.29) is 5.82 Å². The molecule has 86 valence electrons. The molecule has 0 spiro atoms. The summed E-state index contributed by atoms with van der Waals surface area (Å²) in [7, 11) is 1.33. The van der Waals surface area contributed by atoms with Crippen LogP contribution in [0.3, 0.4) is 0 Å². The highest BCUT2D eigenvalue weighted by molar-refractivity contribution is 5.85. The van der Waals surface area contributed by atoms with Gasteiger partial charge in [-0.15, -0.1) is 0 Å². The smallest absolute Gasteiger partial charge is 0.376 e. The van der Waals surface area contributed by atoms with Gasteiger partial charge < -0.3 is 10.1 Å². The van der Waals surface area contributed by atoms with Gasteiger partial charge in [-0.25, -0.2) is 14.8 Å². The Labute approximate surface area is 94.2 Å². The third-order valence-electron chi connectivity index (χ3n) is 2.68. The first-order valence-electron chi connectivity index (χ1n) is 5.39. The fraction of sp³-hybridized carbons (Fsp3) is 0.545.